The van der Waals surface area contributed by atoms with Gasteiger partial charge < -0.3 is 4.74 Å². The maximum Gasteiger partial charge on any atom is 0.316 e. The Morgan fingerprint density at radius 1 is 1.38 bits per heavy atom. The van der Waals surface area contributed by atoms with Gasteiger partial charge in [-0.25, -0.2) is 0 Å². The summed E-state index contributed by atoms with van der Waals surface area (Å²) in [4.78, 5) is 23.2. The van der Waals surface area contributed by atoms with Crippen molar-refractivity contribution in [2.45, 2.75) is 18.7 Å². The monoisotopic (exact) mass is 238 g/mol. The predicted octanol–water partition coefficient (Wildman–Crippen LogP) is 2.54. The molecule has 4 heteroatoms. The van der Waals surface area contributed by atoms with Gasteiger partial charge in [-0.15, -0.1) is 11.8 Å². The van der Waals surface area contributed by atoms with Crippen LogP contribution in [0.15, 0.2) is 29.2 Å². The van der Waals surface area contributed by atoms with E-state index in [0.29, 0.717) is 12.2 Å². The van der Waals surface area contributed by atoms with Crippen molar-refractivity contribution in [1.82, 2.24) is 0 Å². The number of hydrogen-bond acceptors (Lipinski definition) is 4. The van der Waals surface area contributed by atoms with Crippen molar-refractivity contribution in [2.75, 3.05) is 12.4 Å². The van der Waals surface area contributed by atoms with E-state index in [9.17, 15) is 9.59 Å². The Morgan fingerprint density at radius 2 is 2.12 bits per heavy atom. The molecular weight excluding hydrogens is 224 g/mol. The summed E-state index contributed by atoms with van der Waals surface area (Å²) >= 11 is 1.37. The van der Waals surface area contributed by atoms with Crippen LogP contribution in [0.3, 0.4) is 0 Å². The number of thioether (sulfide) groups is 1. The number of carbonyl (C=O) groups excluding carboxylic acids is 2. The highest BCUT2D eigenvalue weighted by molar-refractivity contribution is 8.00. The lowest BCUT2D eigenvalue weighted by Gasteiger charge is -2.03. The summed E-state index contributed by atoms with van der Waals surface area (Å²) in [5.41, 5.74) is 0.661. The normalized spacial score (nSPS) is 9.88. The summed E-state index contributed by atoms with van der Waals surface area (Å²) in [5, 5.41) is 0. The van der Waals surface area contributed by atoms with Gasteiger partial charge in [-0.2, -0.15) is 0 Å². The molecule has 1 aromatic carbocycles. The highest BCUT2D eigenvalue weighted by Crippen LogP contribution is 2.19. The Labute approximate surface area is 99.2 Å². The molecule has 0 aliphatic heterocycles. The number of benzene rings is 1. The van der Waals surface area contributed by atoms with Crippen LogP contribution in [0.2, 0.25) is 0 Å². The molecule has 0 radical (unpaired) electrons. The van der Waals surface area contributed by atoms with Crippen LogP contribution in [-0.2, 0) is 9.53 Å². The first-order valence-electron chi connectivity index (χ1n) is 5.03. The van der Waals surface area contributed by atoms with Crippen LogP contribution in [0.5, 0.6) is 0 Å². The van der Waals surface area contributed by atoms with E-state index < -0.39 is 0 Å². The van der Waals surface area contributed by atoms with E-state index in [2.05, 4.69) is 0 Å². The molecule has 0 fully saturated rings. The number of hydrogen-bond donors (Lipinski definition) is 0. The number of Topliss-reactive ketones (excluding diaryl/α,β-unsaturated/α-hetero) is 1. The Balaban J connectivity index is 2.57. The number of esters is 1. The molecule has 0 N–H and O–H groups in total. The van der Waals surface area contributed by atoms with Crippen molar-refractivity contribution in [2.24, 2.45) is 0 Å². The molecule has 1 rings (SSSR count). The largest absolute Gasteiger partial charge is 0.465 e. The maximum absolute atomic E-state index is 11.1. The first-order valence-corrected chi connectivity index (χ1v) is 6.01. The summed E-state index contributed by atoms with van der Waals surface area (Å²) < 4.78 is 4.81. The summed E-state index contributed by atoms with van der Waals surface area (Å²) in [5.74, 6) is 0.0640. The van der Waals surface area contributed by atoms with Gasteiger partial charge in [0.15, 0.2) is 5.78 Å². The van der Waals surface area contributed by atoms with Gasteiger partial charge in [0, 0.05) is 10.5 Å². The lowest BCUT2D eigenvalue weighted by molar-refractivity contribution is -0.139. The molecule has 0 aromatic heterocycles. The fourth-order valence-corrected chi connectivity index (χ4v) is 1.90. The molecule has 0 unspecified atom stereocenters. The van der Waals surface area contributed by atoms with Crippen molar-refractivity contribution in [1.29, 1.82) is 0 Å². The van der Waals surface area contributed by atoms with E-state index in [1.54, 1.807) is 19.1 Å². The zero-order valence-corrected chi connectivity index (χ0v) is 10.2. The van der Waals surface area contributed by atoms with E-state index in [0.717, 1.165) is 4.90 Å². The topological polar surface area (TPSA) is 43.4 Å². The number of ether oxygens (including phenoxy) is 1. The van der Waals surface area contributed by atoms with Gasteiger partial charge in [0.2, 0.25) is 0 Å². The van der Waals surface area contributed by atoms with Crippen molar-refractivity contribution in [3.8, 4) is 0 Å². The smallest absolute Gasteiger partial charge is 0.316 e. The molecule has 0 amide bonds. The van der Waals surface area contributed by atoms with Crippen molar-refractivity contribution in [3.63, 3.8) is 0 Å². The lowest BCUT2D eigenvalue weighted by Crippen LogP contribution is -2.06. The van der Waals surface area contributed by atoms with Gasteiger partial charge >= 0.3 is 5.97 Å². The third-order valence-corrected chi connectivity index (χ3v) is 2.87. The third kappa shape index (κ3) is 4.06. The lowest BCUT2D eigenvalue weighted by atomic mass is 10.2. The van der Waals surface area contributed by atoms with Crippen LogP contribution < -0.4 is 0 Å². The van der Waals surface area contributed by atoms with E-state index in [1.165, 1.54) is 18.7 Å². The van der Waals surface area contributed by atoms with E-state index in [4.69, 9.17) is 4.74 Å². The minimum Gasteiger partial charge on any atom is -0.465 e. The molecule has 0 spiro atoms. The Kier molecular flexibility index (Phi) is 5.05. The first-order chi connectivity index (χ1) is 7.63. The highest BCUT2D eigenvalue weighted by Gasteiger charge is 2.05. The SMILES string of the molecule is CCOC(=O)CSc1cccc(C(C)=O)c1. The van der Waals surface area contributed by atoms with Crippen LogP contribution in [0.25, 0.3) is 0 Å². The molecule has 86 valence electrons. The average Bonchev–Trinajstić information content (AvgIpc) is 2.27. The standard InChI is InChI=1S/C12H14O3S/c1-3-15-12(14)8-16-11-6-4-5-10(7-11)9(2)13/h4-7H,3,8H2,1-2H3. The molecule has 0 saturated carbocycles. The predicted molar refractivity (Wildman–Crippen MR) is 63.8 cm³/mol. The van der Waals surface area contributed by atoms with Gasteiger partial charge in [-0.1, -0.05) is 12.1 Å². The molecule has 16 heavy (non-hydrogen) atoms. The Hall–Kier alpha value is -1.29. The average molecular weight is 238 g/mol. The molecule has 0 atom stereocenters. The van der Waals surface area contributed by atoms with E-state index in [-0.39, 0.29) is 17.5 Å². The third-order valence-electron chi connectivity index (χ3n) is 1.90. The van der Waals surface area contributed by atoms with Crippen LogP contribution in [-0.4, -0.2) is 24.1 Å². The summed E-state index contributed by atoms with van der Waals surface area (Å²) in [6.45, 7) is 3.70. The maximum atomic E-state index is 11.1. The first kappa shape index (κ1) is 12.8. The summed E-state index contributed by atoms with van der Waals surface area (Å²) in [7, 11) is 0. The molecule has 0 heterocycles. The molecule has 0 bridgehead atoms. The van der Waals surface area contributed by atoms with Gasteiger partial charge in [0.1, 0.15) is 0 Å². The molecule has 1 aromatic rings. The molecular formula is C12H14O3S. The van der Waals surface area contributed by atoms with Crippen molar-refractivity contribution >= 4 is 23.5 Å². The van der Waals surface area contributed by atoms with Crippen molar-refractivity contribution in [3.05, 3.63) is 29.8 Å². The van der Waals surface area contributed by atoms with Gasteiger partial charge in [-0.3, -0.25) is 9.59 Å². The number of rotatable bonds is 5. The molecule has 3 nitrogen and oxygen atoms in total. The fraction of sp³-hybridized carbons (Fsp3) is 0.333. The zero-order chi connectivity index (χ0) is 12.0. The molecule has 0 aliphatic carbocycles. The van der Waals surface area contributed by atoms with Gasteiger partial charge in [0.25, 0.3) is 0 Å². The van der Waals surface area contributed by atoms with Crippen LogP contribution in [0.4, 0.5) is 0 Å². The van der Waals surface area contributed by atoms with Crippen LogP contribution in [0, 0.1) is 0 Å². The Morgan fingerprint density at radius 3 is 2.75 bits per heavy atom. The minimum atomic E-state index is -0.235. The highest BCUT2D eigenvalue weighted by atomic mass is 32.2. The number of ketones is 1. The summed E-state index contributed by atoms with van der Waals surface area (Å²) in [6, 6.07) is 7.23. The van der Waals surface area contributed by atoms with Crippen molar-refractivity contribution < 1.29 is 14.3 Å². The second-order valence-corrected chi connectivity index (χ2v) is 4.23. The molecule has 0 aliphatic rings. The van der Waals surface area contributed by atoms with E-state index >= 15 is 0 Å². The fourth-order valence-electron chi connectivity index (χ4n) is 1.15. The van der Waals surface area contributed by atoms with Gasteiger partial charge in [-0.05, 0) is 26.0 Å². The minimum absolute atomic E-state index is 0.0265. The second-order valence-electron chi connectivity index (χ2n) is 3.18. The number of carbonyl (C=O) groups is 2. The van der Waals surface area contributed by atoms with E-state index in [1.807, 2.05) is 12.1 Å². The second kappa shape index (κ2) is 6.33. The molecule has 0 saturated heterocycles. The van der Waals surface area contributed by atoms with Crippen LogP contribution >= 0.6 is 11.8 Å². The van der Waals surface area contributed by atoms with Gasteiger partial charge in [0.05, 0.1) is 12.4 Å². The zero-order valence-electron chi connectivity index (χ0n) is 9.36. The van der Waals surface area contributed by atoms with Crippen LogP contribution in [0.1, 0.15) is 24.2 Å². The Bertz CT molecular complexity index is 388. The quantitative estimate of drug-likeness (QED) is 0.449. The summed E-state index contributed by atoms with van der Waals surface area (Å²) in [6.07, 6.45) is 0.